The van der Waals surface area contributed by atoms with Gasteiger partial charge < -0.3 is 10.4 Å². The molecule has 1 aliphatic rings. The van der Waals surface area contributed by atoms with E-state index in [2.05, 4.69) is 12.2 Å². The van der Waals surface area contributed by atoms with Crippen LogP contribution in [0.1, 0.15) is 54.9 Å². The summed E-state index contributed by atoms with van der Waals surface area (Å²) < 4.78 is 0. The molecule has 1 aromatic carbocycles. The van der Waals surface area contributed by atoms with E-state index in [1.807, 2.05) is 6.92 Å². The summed E-state index contributed by atoms with van der Waals surface area (Å²) in [7, 11) is 0. The summed E-state index contributed by atoms with van der Waals surface area (Å²) in [5, 5.41) is 12.6. The van der Waals surface area contributed by atoms with Gasteiger partial charge in [-0.1, -0.05) is 32.3 Å². The smallest absolute Gasteiger partial charge is 0.251 e. The minimum Gasteiger partial charge on any atom is -0.508 e. The molecule has 110 valence electrons. The molecule has 20 heavy (non-hydrogen) atoms. The molecule has 1 amide bonds. The van der Waals surface area contributed by atoms with Crippen LogP contribution in [0.15, 0.2) is 18.2 Å². The van der Waals surface area contributed by atoms with Crippen LogP contribution >= 0.6 is 0 Å². The Balaban J connectivity index is 1.78. The summed E-state index contributed by atoms with van der Waals surface area (Å²) in [6.07, 6.45) is 6.33. The van der Waals surface area contributed by atoms with E-state index in [-0.39, 0.29) is 11.7 Å². The molecule has 2 rings (SSSR count). The van der Waals surface area contributed by atoms with E-state index in [1.165, 1.54) is 31.7 Å². The van der Waals surface area contributed by atoms with Crippen LogP contribution in [0.4, 0.5) is 0 Å². The molecule has 0 saturated heterocycles. The van der Waals surface area contributed by atoms with Gasteiger partial charge in [0, 0.05) is 12.1 Å². The summed E-state index contributed by atoms with van der Waals surface area (Å²) in [5.74, 6) is 1.67. The minimum atomic E-state index is -0.0934. The summed E-state index contributed by atoms with van der Waals surface area (Å²) in [6, 6.07) is 5.06. The molecule has 0 aliphatic heterocycles. The molecule has 0 bridgehead atoms. The summed E-state index contributed by atoms with van der Waals surface area (Å²) in [4.78, 5) is 12.0. The van der Waals surface area contributed by atoms with Crippen molar-refractivity contribution in [3.63, 3.8) is 0 Å². The summed E-state index contributed by atoms with van der Waals surface area (Å²) in [5.41, 5.74) is 1.32. The number of amides is 1. The van der Waals surface area contributed by atoms with E-state index in [9.17, 15) is 9.90 Å². The highest BCUT2D eigenvalue weighted by molar-refractivity contribution is 5.94. The molecule has 0 heterocycles. The molecule has 0 aromatic heterocycles. The number of carbonyl (C=O) groups excluding carboxylic acids is 1. The van der Waals surface area contributed by atoms with Crippen molar-refractivity contribution in [2.45, 2.75) is 46.0 Å². The number of nitrogens with one attached hydrogen (secondary N) is 1. The van der Waals surface area contributed by atoms with Crippen LogP contribution in [-0.4, -0.2) is 17.6 Å². The maximum Gasteiger partial charge on any atom is 0.251 e. The van der Waals surface area contributed by atoms with Gasteiger partial charge in [-0.3, -0.25) is 4.79 Å². The first-order valence-electron chi connectivity index (χ1n) is 7.64. The number of aryl methyl sites for hydroxylation is 1. The second-order valence-corrected chi connectivity index (χ2v) is 6.18. The van der Waals surface area contributed by atoms with Gasteiger partial charge in [0.2, 0.25) is 0 Å². The predicted molar refractivity (Wildman–Crippen MR) is 80.9 cm³/mol. The molecule has 3 heteroatoms. The number of phenolic OH excluding ortho intramolecular Hbond substituents is 1. The molecule has 3 nitrogen and oxygen atoms in total. The fraction of sp³-hybridized carbons (Fsp3) is 0.588. The normalized spacial score (nSPS) is 22.5. The van der Waals surface area contributed by atoms with Crippen LogP contribution in [-0.2, 0) is 0 Å². The lowest BCUT2D eigenvalue weighted by atomic mass is 9.81. The highest BCUT2D eigenvalue weighted by Crippen LogP contribution is 2.30. The Morgan fingerprint density at radius 2 is 2.20 bits per heavy atom. The standard InChI is InChI=1S/C17H25NO2/c1-12-4-3-5-14(10-12)8-9-18-17(20)15-7-6-13(2)16(19)11-15/h6-7,11-12,14,19H,3-5,8-10H2,1-2H3,(H,18,20). The van der Waals surface area contributed by atoms with Crippen molar-refractivity contribution in [2.75, 3.05) is 6.54 Å². The van der Waals surface area contributed by atoms with Crippen molar-refractivity contribution >= 4 is 5.91 Å². The van der Waals surface area contributed by atoms with Crippen LogP contribution in [0.2, 0.25) is 0 Å². The molecule has 1 aliphatic carbocycles. The number of hydrogen-bond donors (Lipinski definition) is 2. The van der Waals surface area contributed by atoms with Crippen molar-refractivity contribution in [2.24, 2.45) is 11.8 Å². The van der Waals surface area contributed by atoms with Gasteiger partial charge in [-0.25, -0.2) is 0 Å². The van der Waals surface area contributed by atoms with E-state index in [4.69, 9.17) is 0 Å². The SMILES string of the molecule is Cc1ccc(C(=O)NCCC2CCCC(C)C2)cc1O. The van der Waals surface area contributed by atoms with Crippen LogP contribution in [0.25, 0.3) is 0 Å². The van der Waals surface area contributed by atoms with Crippen LogP contribution in [0.5, 0.6) is 5.75 Å². The van der Waals surface area contributed by atoms with Gasteiger partial charge >= 0.3 is 0 Å². The van der Waals surface area contributed by atoms with Crippen LogP contribution in [0.3, 0.4) is 0 Å². The lowest BCUT2D eigenvalue weighted by Gasteiger charge is -2.26. The van der Waals surface area contributed by atoms with Gasteiger partial charge in [-0.2, -0.15) is 0 Å². The molecule has 1 fully saturated rings. The van der Waals surface area contributed by atoms with Crippen LogP contribution < -0.4 is 5.32 Å². The van der Waals surface area contributed by atoms with Gasteiger partial charge in [0.25, 0.3) is 5.91 Å². The quantitative estimate of drug-likeness (QED) is 0.881. The average Bonchev–Trinajstić information content (AvgIpc) is 2.42. The number of carbonyl (C=O) groups is 1. The minimum absolute atomic E-state index is 0.0934. The van der Waals surface area contributed by atoms with Gasteiger partial charge in [-0.05, 0) is 49.3 Å². The average molecular weight is 275 g/mol. The zero-order valence-corrected chi connectivity index (χ0v) is 12.5. The molecule has 2 N–H and O–H groups in total. The van der Waals surface area contributed by atoms with Gasteiger partial charge in [0.1, 0.15) is 5.75 Å². The van der Waals surface area contributed by atoms with Crippen LogP contribution in [0, 0.1) is 18.8 Å². The first kappa shape index (κ1) is 14.9. The van der Waals surface area contributed by atoms with Crippen molar-refractivity contribution < 1.29 is 9.90 Å². The third-order valence-corrected chi connectivity index (χ3v) is 4.35. The lowest BCUT2D eigenvalue weighted by molar-refractivity contribution is 0.0949. The molecule has 1 aromatic rings. The number of benzene rings is 1. The zero-order valence-electron chi connectivity index (χ0n) is 12.5. The molecule has 2 atom stereocenters. The van der Waals surface area contributed by atoms with E-state index in [0.29, 0.717) is 5.56 Å². The maximum absolute atomic E-state index is 12.0. The van der Waals surface area contributed by atoms with E-state index in [0.717, 1.165) is 30.4 Å². The van der Waals surface area contributed by atoms with E-state index in [1.54, 1.807) is 12.1 Å². The molecule has 1 saturated carbocycles. The molecule has 0 spiro atoms. The second kappa shape index (κ2) is 6.78. The van der Waals surface area contributed by atoms with Crippen molar-refractivity contribution in [3.05, 3.63) is 29.3 Å². The van der Waals surface area contributed by atoms with Gasteiger partial charge in [-0.15, -0.1) is 0 Å². The summed E-state index contributed by atoms with van der Waals surface area (Å²) in [6.45, 7) is 4.87. The zero-order chi connectivity index (χ0) is 14.5. The lowest BCUT2D eigenvalue weighted by Crippen LogP contribution is -2.27. The number of rotatable bonds is 4. The Labute approximate surface area is 121 Å². The second-order valence-electron chi connectivity index (χ2n) is 6.18. The first-order chi connectivity index (χ1) is 9.56. The predicted octanol–water partition coefficient (Wildman–Crippen LogP) is 3.65. The third kappa shape index (κ3) is 3.99. The highest BCUT2D eigenvalue weighted by atomic mass is 16.3. The fourth-order valence-corrected chi connectivity index (χ4v) is 3.06. The summed E-state index contributed by atoms with van der Waals surface area (Å²) >= 11 is 0. The van der Waals surface area contributed by atoms with Crippen molar-refractivity contribution in [1.82, 2.24) is 5.32 Å². The third-order valence-electron chi connectivity index (χ3n) is 4.35. The Hall–Kier alpha value is -1.51. The largest absolute Gasteiger partial charge is 0.508 e. The molecular formula is C17H25NO2. The van der Waals surface area contributed by atoms with Crippen molar-refractivity contribution in [1.29, 1.82) is 0 Å². The Bertz CT molecular complexity index is 470. The Kier molecular flexibility index (Phi) is 5.05. The first-order valence-corrected chi connectivity index (χ1v) is 7.64. The number of aromatic hydroxyl groups is 1. The number of phenols is 1. The Morgan fingerprint density at radius 3 is 2.90 bits per heavy atom. The Morgan fingerprint density at radius 1 is 1.40 bits per heavy atom. The van der Waals surface area contributed by atoms with E-state index < -0.39 is 0 Å². The number of hydrogen-bond acceptors (Lipinski definition) is 2. The fourth-order valence-electron chi connectivity index (χ4n) is 3.06. The topological polar surface area (TPSA) is 49.3 Å². The maximum atomic E-state index is 12.0. The molecular weight excluding hydrogens is 250 g/mol. The van der Waals surface area contributed by atoms with Crippen molar-refractivity contribution in [3.8, 4) is 5.75 Å². The molecule has 0 radical (unpaired) electrons. The van der Waals surface area contributed by atoms with Gasteiger partial charge in [0.15, 0.2) is 0 Å². The highest BCUT2D eigenvalue weighted by Gasteiger charge is 2.18. The monoisotopic (exact) mass is 275 g/mol. The van der Waals surface area contributed by atoms with E-state index >= 15 is 0 Å². The van der Waals surface area contributed by atoms with Gasteiger partial charge in [0.05, 0.1) is 0 Å². The molecule has 2 unspecified atom stereocenters.